The number of hydrogen-bond donors (Lipinski definition) is 0. The van der Waals surface area contributed by atoms with E-state index in [2.05, 4.69) is 21.8 Å². The van der Waals surface area contributed by atoms with Crippen LogP contribution in [0.4, 0.5) is 18.9 Å². The molecule has 1 saturated heterocycles. The summed E-state index contributed by atoms with van der Waals surface area (Å²) in [6.07, 6.45) is -3.39. The van der Waals surface area contributed by atoms with Crippen molar-refractivity contribution >= 4 is 11.6 Å². The quantitative estimate of drug-likeness (QED) is 0.709. The maximum atomic E-state index is 13.0. The lowest BCUT2D eigenvalue weighted by Crippen LogP contribution is -2.45. The highest BCUT2D eigenvalue weighted by molar-refractivity contribution is 5.95. The van der Waals surface area contributed by atoms with E-state index < -0.39 is 6.36 Å². The molecule has 5 nitrogen and oxygen atoms in total. The molecule has 1 unspecified atom stereocenters. The van der Waals surface area contributed by atoms with E-state index in [1.807, 2.05) is 18.2 Å². The van der Waals surface area contributed by atoms with Crippen LogP contribution in [0.1, 0.15) is 24.0 Å². The second kappa shape index (κ2) is 9.28. The zero-order chi connectivity index (χ0) is 21.8. The molecule has 0 spiro atoms. The van der Waals surface area contributed by atoms with E-state index in [-0.39, 0.29) is 24.2 Å². The number of amides is 1. The first-order valence-corrected chi connectivity index (χ1v) is 10.4. The summed E-state index contributed by atoms with van der Waals surface area (Å²) in [5.74, 6) is -0.329. The molecule has 2 heterocycles. The smallest absolute Gasteiger partial charge is 0.406 e. The lowest BCUT2D eigenvalue weighted by Gasteiger charge is -2.35. The Morgan fingerprint density at radius 1 is 1.13 bits per heavy atom. The van der Waals surface area contributed by atoms with Crippen molar-refractivity contribution in [3.8, 4) is 5.75 Å². The number of alkyl halides is 3. The van der Waals surface area contributed by atoms with Crippen molar-refractivity contribution in [3.63, 3.8) is 0 Å². The highest BCUT2D eigenvalue weighted by Crippen LogP contribution is 2.33. The summed E-state index contributed by atoms with van der Waals surface area (Å²) in [5.41, 5.74) is 2.57. The van der Waals surface area contributed by atoms with Crippen molar-refractivity contribution in [2.45, 2.75) is 38.3 Å². The third-order valence-electron chi connectivity index (χ3n) is 5.58. The number of hydrogen-bond acceptors (Lipinski definition) is 4. The van der Waals surface area contributed by atoms with E-state index >= 15 is 0 Å². The fraction of sp³-hybridized carbons (Fsp3) is 0.435. The average Bonchev–Trinajstić information content (AvgIpc) is 2.73. The largest absolute Gasteiger partial charge is 0.573 e. The van der Waals surface area contributed by atoms with Gasteiger partial charge in [0.05, 0.1) is 19.1 Å². The van der Waals surface area contributed by atoms with Gasteiger partial charge in [0.15, 0.2) is 0 Å². The normalized spacial score (nSPS) is 19.7. The van der Waals surface area contributed by atoms with Crippen LogP contribution in [0.3, 0.4) is 0 Å². The third-order valence-corrected chi connectivity index (χ3v) is 5.58. The molecule has 166 valence electrons. The number of anilines is 1. The summed E-state index contributed by atoms with van der Waals surface area (Å²) in [4.78, 5) is 17.0. The fourth-order valence-electron chi connectivity index (χ4n) is 4.22. The van der Waals surface area contributed by atoms with Crippen LogP contribution in [0, 0.1) is 0 Å². The van der Waals surface area contributed by atoms with Crippen molar-refractivity contribution in [1.29, 1.82) is 0 Å². The number of aryl methyl sites for hydroxylation is 1. The zero-order valence-corrected chi connectivity index (χ0v) is 17.1. The van der Waals surface area contributed by atoms with Crippen molar-refractivity contribution in [2.24, 2.45) is 0 Å². The molecule has 0 saturated carbocycles. The van der Waals surface area contributed by atoms with Gasteiger partial charge in [0.1, 0.15) is 5.75 Å². The van der Waals surface area contributed by atoms with Gasteiger partial charge in [0, 0.05) is 31.9 Å². The molecule has 0 aromatic heterocycles. The van der Waals surface area contributed by atoms with Gasteiger partial charge in [-0.1, -0.05) is 30.3 Å². The lowest BCUT2D eigenvalue weighted by atomic mass is 10.0. The summed E-state index contributed by atoms with van der Waals surface area (Å²) < 4.78 is 47.4. The predicted molar refractivity (Wildman–Crippen MR) is 110 cm³/mol. The second-order valence-corrected chi connectivity index (χ2v) is 7.90. The number of nitrogens with zero attached hydrogens (tertiary/aromatic N) is 2. The minimum atomic E-state index is -4.73. The fourth-order valence-corrected chi connectivity index (χ4v) is 4.22. The van der Waals surface area contributed by atoms with E-state index in [0.29, 0.717) is 43.8 Å². The summed E-state index contributed by atoms with van der Waals surface area (Å²) in [6, 6.07) is 14.3. The molecule has 1 atom stereocenters. The van der Waals surface area contributed by atoms with Crippen LogP contribution in [0.15, 0.2) is 48.5 Å². The van der Waals surface area contributed by atoms with Gasteiger partial charge in [0.2, 0.25) is 5.91 Å². The van der Waals surface area contributed by atoms with Crippen LogP contribution in [0.2, 0.25) is 0 Å². The molecule has 0 N–H and O–H groups in total. The minimum absolute atomic E-state index is 0.0722. The number of halogens is 3. The molecule has 31 heavy (non-hydrogen) atoms. The Morgan fingerprint density at radius 2 is 1.94 bits per heavy atom. The first-order chi connectivity index (χ1) is 14.9. The molecule has 0 bridgehead atoms. The van der Waals surface area contributed by atoms with Crippen molar-refractivity contribution < 1.29 is 27.4 Å². The predicted octanol–water partition coefficient (Wildman–Crippen LogP) is 4.16. The topological polar surface area (TPSA) is 42.0 Å². The Balaban J connectivity index is 1.39. The first kappa shape index (κ1) is 21.6. The van der Waals surface area contributed by atoms with Gasteiger partial charge >= 0.3 is 6.36 Å². The standard InChI is InChI=1S/C23H25F3N2O3/c24-23(25,26)31-19-8-9-21-18(13-19)7-4-10-28(21)22(29)14-20-16-27(11-12-30-20)15-17-5-2-1-3-6-17/h1-3,5-6,8-9,13,20H,4,7,10-12,14-16H2. The maximum absolute atomic E-state index is 13.0. The van der Waals surface area contributed by atoms with Gasteiger partial charge < -0.3 is 14.4 Å². The molecule has 2 aromatic rings. The molecule has 1 fully saturated rings. The molecule has 0 aliphatic carbocycles. The van der Waals surface area contributed by atoms with E-state index in [4.69, 9.17) is 4.74 Å². The van der Waals surface area contributed by atoms with Crippen molar-refractivity contribution in [2.75, 3.05) is 31.1 Å². The SMILES string of the molecule is O=C(CC1CN(Cc2ccccc2)CCO1)N1CCCc2cc(OC(F)(F)F)ccc21. The molecule has 4 rings (SSSR count). The second-order valence-electron chi connectivity index (χ2n) is 7.90. The average molecular weight is 434 g/mol. The summed E-state index contributed by atoms with van der Waals surface area (Å²) in [5, 5.41) is 0. The maximum Gasteiger partial charge on any atom is 0.573 e. The van der Waals surface area contributed by atoms with Gasteiger partial charge in [0.25, 0.3) is 0 Å². The number of carbonyl (C=O) groups excluding carboxylic acids is 1. The molecular weight excluding hydrogens is 409 g/mol. The highest BCUT2D eigenvalue weighted by Gasteiger charge is 2.32. The monoisotopic (exact) mass is 434 g/mol. The Bertz CT molecular complexity index is 905. The van der Waals surface area contributed by atoms with Gasteiger partial charge in [-0.2, -0.15) is 0 Å². The minimum Gasteiger partial charge on any atom is -0.406 e. The third kappa shape index (κ3) is 5.77. The van der Waals surface area contributed by atoms with Gasteiger partial charge in [-0.15, -0.1) is 13.2 Å². The van der Waals surface area contributed by atoms with Gasteiger partial charge in [-0.3, -0.25) is 9.69 Å². The van der Waals surface area contributed by atoms with Gasteiger partial charge in [-0.05, 0) is 42.2 Å². The van der Waals surface area contributed by atoms with E-state index in [0.717, 1.165) is 13.1 Å². The lowest BCUT2D eigenvalue weighted by molar-refractivity contribution is -0.274. The molecule has 2 aliphatic heterocycles. The Hall–Kier alpha value is -2.58. The number of rotatable bonds is 5. The van der Waals surface area contributed by atoms with E-state index in [1.54, 1.807) is 4.90 Å². The zero-order valence-electron chi connectivity index (χ0n) is 17.1. The van der Waals surface area contributed by atoms with E-state index in [9.17, 15) is 18.0 Å². The van der Waals surface area contributed by atoms with E-state index in [1.165, 1.54) is 23.8 Å². The number of fused-ring (bicyclic) bond motifs is 1. The van der Waals surface area contributed by atoms with Crippen LogP contribution in [-0.2, 0) is 22.5 Å². The Kier molecular flexibility index (Phi) is 6.48. The van der Waals surface area contributed by atoms with Gasteiger partial charge in [-0.25, -0.2) is 0 Å². The summed E-state index contributed by atoms with van der Waals surface area (Å²) in [6.45, 7) is 3.41. The summed E-state index contributed by atoms with van der Waals surface area (Å²) >= 11 is 0. The van der Waals surface area contributed by atoms with Crippen LogP contribution in [0.25, 0.3) is 0 Å². The molecule has 1 amide bonds. The van der Waals surface area contributed by atoms with Crippen LogP contribution < -0.4 is 9.64 Å². The molecule has 2 aliphatic rings. The molecule has 0 radical (unpaired) electrons. The van der Waals surface area contributed by atoms with Crippen molar-refractivity contribution in [1.82, 2.24) is 4.90 Å². The number of carbonyl (C=O) groups is 1. The number of ether oxygens (including phenoxy) is 2. The first-order valence-electron chi connectivity index (χ1n) is 10.4. The van der Waals surface area contributed by atoms with Crippen LogP contribution in [0.5, 0.6) is 5.75 Å². The van der Waals surface area contributed by atoms with Crippen molar-refractivity contribution in [3.05, 3.63) is 59.7 Å². The Morgan fingerprint density at radius 3 is 2.71 bits per heavy atom. The summed E-state index contributed by atoms with van der Waals surface area (Å²) in [7, 11) is 0. The highest BCUT2D eigenvalue weighted by atomic mass is 19.4. The van der Waals surface area contributed by atoms with Crippen LogP contribution in [-0.4, -0.2) is 49.5 Å². The molecule has 2 aromatic carbocycles. The molecule has 8 heteroatoms. The number of morpholine rings is 1. The Labute approximate surface area is 179 Å². The molecular formula is C23H25F3N2O3. The van der Waals surface area contributed by atoms with Crippen LogP contribution >= 0.6 is 0 Å². The number of benzene rings is 2.